The lowest BCUT2D eigenvalue weighted by Crippen LogP contribution is -2.34. The number of para-hydroxylation sites is 1. The van der Waals surface area contributed by atoms with E-state index in [1.807, 2.05) is 36.4 Å². The Hall–Kier alpha value is -3.23. The summed E-state index contributed by atoms with van der Waals surface area (Å²) in [7, 11) is 0. The number of benzene rings is 2. The number of thiocarbonyl (C=S) groups is 1. The summed E-state index contributed by atoms with van der Waals surface area (Å²) in [6.45, 7) is 2.52. The molecule has 1 aliphatic rings. The number of aryl methyl sites for hydroxylation is 1. The van der Waals surface area contributed by atoms with Gasteiger partial charge in [-0.25, -0.2) is 4.79 Å². The van der Waals surface area contributed by atoms with Crippen LogP contribution in [0.1, 0.15) is 50.1 Å². The zero-order chi connectivity index (χ0) is 23.9. The second kappa shape index (κ2) is 11.3. The third-order valence-electron chi connectivity index (χ3n) is 5.48. The van der Waals surface area contributed by atoms with Gasteiger partial charge in [0.15, 0.2) is 5.11 Å². The summed E-state index contributed by atoms with van der Waals surface area (Å²) >= 11 is 6.89. The van der Waals surface area contributed by atoms with Gasteiger partial charge in [0.25, 0.3) is 5.91 Å². The van der Waals surface area contributed by atoms with Crippen molar-refractivity contribution in [2.75, 3.05) is 18.5 Å². The average molecular weight is 495 g/mol. The number of amides is 1. The molecule has 3 aromatic rings. The van der Waals surface area contributed by atoms with Crippen molar-refractivity contribution in [1.29, 1.82) is 0 Å². The summed E-state index contributed by atoms with van der Waals surface area (Å²) in [5, 5.41) is 6.48. The molecule has 0 unspecified atom stereocenters. The van der Waals surface area contributed by atoms with Crippen LogP contribution >= 0.6 is 23.6 Å². The summed E-state index contributed by atoms with van der Waals surface area (Å²) in [6.07, 6.45) is 3.53. The van der Waals surface area contributed by atoms with E-state index >= 15 is 0 Å². The van der Waals surface area contributed by atoms with Crippen LogP contribution in [0, 0.1) is 0 Å². The highest BCUT2D eigenvalue weighted by molar-refractivity contribution is 7.80. The van der Waals surface area contributed by atoms with Gasteiger partial charge in [-0.05, 0) is 61.7 Å². The molecule has 6 nitrogen and oxygen atoms in total. The predicted octanol–water partition coefficient (Wildman–Crippen LogP) is 5.16. The first-order valence-electron chi connectivity index (χ1n) is 11.3. The zero-order valence-electron chi connectivity index (χ0n) is 18.9. The molecular formula is C26H26N2O4S2. The van der Waals surface area contributed by atoms with Gasteiger partial charge in [-0.15, -0.1) is 11.3 Å². The number of carbonyl (C=O) groups excluding carboxylic acids is 2. The van der Waals surface area contributed by atoms with Crippen LogP contribution in [0.3, 0.4) is 0 Å². The van der Waals surface area contributed by atoms with Crippen molar-refractivity contribution >= 4 is 45.5 Å². The van der Waals surface area contributed by atoms with Gasteiger partial charge >= 0.3 is 5.97 Å². The molecular weight excluding hydrogens is 468 g/mol. The normalized spacial score (nSPS) is 12.0. The lowest BCUT2D eigenvalue weighted by molar-refractivity contribution is 0.0527. The maximum absolute atomic E-state index is 13.0. The molecule has 0 saturated heterocycles. The van der Waals surface area contributed by atoms with E-state index in [1.165, 1.54) is 11.3 Å². The van der Waals surface area contributed by atoms with E-state index in [0.29, 0.717) is 35.1 Å². The number of anilines is 1. The van der Waals surface area contributed by atoms with Gasteiger partial charge in [-0.1, -0.05) is 42.5 Å². The first-order chi connectivity index (χ1) is 16.6. The quantitative estimate of drug-likeness (QED) is 0.333. The molecule has 34 heavy (non-hydrogen) atoms. The Balaban J connectivity index is 1.41. The van der Waals surface area contributed by atoms with Gasteiger partial charge in [0.05, 0.1) is 24.3 Å². The fraction of sp³-hybridized carbons (Fsp3) is 0.269. The second-order valence-electron chi connectivity index (χ2n) is 7.77. The van der Waals surface area contributed by atoms with E-state index in [2.05, 4.69) is 10.6 Å². The van der Waals surface area contributed by atoms with Crippen molar-refractivity contribution in [3.63, 3.8) is 0 Å². The lowest BCUT2D eigenvalue weighted by Gasteiger charge is -2.13. The highest BCUT2D eigenvalue weighted by Gasteiger charge is 2.28. The number of esters is 1. The molecule has 0 radical (unpaired) electrons. The largest absolute Gasteiger partial charge is 0.492 e. The average Bonchev–Trinajstić information content (AvgIpc) is 3.41. The van der Waals surface area contributed by atoms with E-state index in [0.717, 1.165) is 41.7 Å². The Morgan fingerprint density at radius 3 is 2.62 bits per heavy atom. The van der Waals surface area contributed by atoms with Gasteiger partial charge in [-0.2, -0.15) is 0 Å². The molecule has 1 aliphatic carbocycles. The number of ether oxygens (including phenoxy) is 2. The molecule has 0 bridgehead atoms. The monoisotopic (exact) mass is 494 g/mol. The SMILES string of the molecule is CCOC(=O)c1c(NC(=S)NC(=O)c2ccccc2OCCc2ccccc2)sc2c1CCC2. The first-order valence-corrected chi connectivity index (χ1v) is 12.5. The minimum Gasteiger partial charge on any atom is -0.492 e. The third kappa shape index (κ3) is 5.63. The summed E-state index contributed by atoms with van der Waals surface area (Å²) in [4.78, 5) is 26.7. The molecule has 8 heteroatoms. The van der Waals surface area contributed by atoms with Crippen molar-refractivity contribution in [2.24, 2.45) is 0 Å². The van der Waals surface area contributed by atoms with Crippen LogP contribution in [-0.4, -0.2) is 30.2 Å². The summed E-state index contributed by atoms with van der Waals surface area (Å²) < 4.78 is 11.1. The van der Waals surface area contributed by atoms with E-state index in [-0.39, 0.29) is 17.0 Å². The highest BCUT2D eigenvalue weighted by atomic mass is 32.1. The van der Waals surface area contributed by atoms with E-state index in [9.17, 15) is 9.59 Å². The number of hydrogen-bond acceptors (Lipinski definition) is 6. The molecule has 2 N–H and O–H groups in total. The first kappa shape index (κ1) is 23.9. The van der Waals surface area contributed by atoms with Crippen molar-refractivity contribution in [1.82, 2.24) is 5.32 Å². The minimum atomic E-state index is -0.380. The maximum atomic E-state index is 13.0. The lowest BCUT2D eigenvalue weighted by atomic mass is 10.1. The van der Waals surface area contributed by atoms with E-state index < -0.39 is 0 Å². The molecule has 0 fully saturated rings. The molecule has 1 amide bonds. The Labute approximate surface area is 208 Å². The highest BCUT2D eigenvalue weighted by Crippen LogP contribution is 2.39. The van der Waals surface area contributed by atoms with Crippen molar-refractivity contribution < 1.29 is 19.1 Å². The standard InChI is InChI=1S/C26H26N2O4S2/c1-2-31-25(30)22-19-12-8-14-21(19)34-24(22)28-26(33)27-23(29)18-11-6-7-13-20(18)32-16-15-17-9-4-3-5-10-17/h3-7,9-11,13H,2,8,12,14-16H2,1H3,(H2,27,28,29,33). The van der Waals surface area contributed by atoms with Crippen LogP contribution in [0.25, 0.3) is 0 Å². The van der Waals surface area contributed by atoms with Gasteiger partial charge < -0.3 is 14.8 Å². The topological polar surface area (TPSA) is 76.7 Å². The van der Waals surface area contributed by atoms with Gasteiger partial charge in [0.2, 0.25) is 0 Å². The van der Waals surface area contributed by atoms with Crippen LogP contribution in [0.5, 0.6) is 5.75 Å². The number of hydrogen-bond donors (Lipinski definition) is 2. The van der Waals surface area contributed by atoms with Crippen LogP contribution in [0.2, 0.25) is 0 Å². The summed E-state index contributed by atoms with van der Waals surface area (Å²) in [5.74, 6) is -0.258. The number of nitrogens with one attached hydrogen (secondary N) is 2. The zero-order valence-corrected chi connectivity index (χ0v) is 20.5. The summed E-state index contributed by atoms with van der Waals surface area (Å²) in [6, 6.07) is 17.1. The number of thiophene rings is 1. The molecule has 1 heterocycles. The molecule has 0 atom stereocenters. The molecule has 2 aromatic carbocycles. The Kier molecular flexibility index (Phi) is 7.92. The third-order valence-corrected chi connectivity index (χ3v) is 6.89. The van der Waals surface area contributed by atoms with Gasteiger partial charge in [0, 0.05) is 11.3 Å². The predicted molar refractivity (Wildman–Crippen MR) is 138 cm³/mol. The van der Waals surface area contributed by atoms with Crippen LogP contribution in [-0.2, 0) is 24.0 Å². The molecule has 0 saturated carbocycles. The maximum Gasteiger partial charge on any atom is 0.341 e. The van der Waals surface area contributed by atoms with Gasteiger partial charge in [-0.3, -0.25) is 10.1 Å². The number of carbonyl (C=O) groups is 2. The van der Waals surface area contributed by atoms with Gasteiger partial charge in [0.1, 0.15) is 10.8 Å². The molecule has 176 valence electrons. The second-order valence-corrected chi connectivity index (χ2v) is 9.28. The van der Waals surface area contributed by atoms with Crippen LogP contribution in [0.15, 0.2) is 54.6 Å². The minimum absolute atomic E-state index is 0.120. The van der Waals surface area contributed by atoms with Crippen molar-refractivity contribution in [3.8, 4) is 5.75 Å². The Bertz CT molecular complexity index is 1190. The Morgan fingerprint density at radius 1 is 1.06 bits per heavy atom. The van der Waals surface area contributed by atoms with Crippen LogP contribution < -0.4 is 15.4 Å². The fourth-order valence-corrected chi connectivity index (χ4v) is 5.46. The molecule has 4 rings (SSSR count). The van der Waals surface area contributed by atoms with Crippen molar-refractivity contribution in [2.45, 2.75) is 32.6 Å². The smallest absolute Gasteiger partial charge is 0.341 e. The van der Waals surface area contributed by atoms with Crippen molar-refractivity contribution in [3.05, 3.63) is 81.7 Å². The Morgan fingerprint density at radius 2 is 1.82 bits per heavy atom. The number of fused-ring (bicyclic) bond motifs is 1. The van der Waals surface area contributed by atoms with E-state index in [1.54, 1.807) is 25.1 Å². The molecule has 0 spiro atoms. The molecule has 0 aliphatic heterocycles. The summed E-state index contributed by atoms with van der Waals surface area (Å²) in [5.41, 5.74) is 3.10. The van der Waals surface area contributed by atoms with Crippen LogP contribution in [0.4, 0.5) is 5.00 Å². The van der Waals surface area contributed by atoms with E-state index in [4.69, 9.17) is 21.7 Å². The molecule has 1 aromatic heterocycles. The number of rotatable bonds is 8. The fourth-order valence-electron chi connectivity index (χ4n) is 3.92.